The molecule has 0 saturated heterocycles. The Hall–Kier alpha value is -2.53. The van der Waals surface area contributed by atoms with Crippen LogP contribution in [0.15, 0.2) is 42.5 Å². The van der Waals surface area contributed by atoms with E-state index in [1.54, 1.807) is 6.07 Å². The van der Waals surface area contributed by atoms with E-state index in [9.17, 15) is 4.79 Å². The van der Waals surface area contributed by atoms with Crippen molar-refractivity contribution in [3.63, 3.8) is 0 Å². The van der Waals surface area contributed by atoms with Crippen LogP contribution in [0.4, 0.5) is 0 Å². The number of aryl methyl sites for hydroxylation is 1. The lowest BCUT2D eigenvalue weighted by atomic mass is 10.2. The van der Waals surface area contributed by atoms with Gasteiger partial charge < -0.3 is 15.0 Å². The van der Waals surface area contributed by atoms with Gasteiger partial charge in [0.15, 0.2) is 0 Å². The first kappa shape index (κ1) is 17.3. The van der Waals surface area contributed by atoms with Crippen molar-refractivity contribution >= 4 is 28.5 Å². The Kier molecular flexibility index (Phi) is 5.56. The fourth-order valence-corrected chi connectivity index (χ4v) is 2.78. The second kappa shape index (κ2) is 8.03. The normalized spacial score (nSPS) is 10.8. The molecule has 130 valence electrons. The van der Waals surface area contributed by atoms with Gasteiger partial charge in [0.05, 0.1) is 24.2 Å². The van der Waals surface area contributed by atoms with Crippen molar-refractivity contribution in [1.29, 1.82) is 0 Å². The summed E-state index contributed by atoms with van der Waals surface area (Å²) in [6.07, 6.45) is 1.06. The van der Waals surface area contributed by atoms with Gasteiger partial charge in [-0.2, -0.15) is 0 Å². The molecule has 0 bridgehead atoms. The number of halogens is 1. The molecule has 0 spiro atoms. The van der Waals surface area contributed by atoms with Crippen LogP contribution in [0.1, 0.15) is 24.2 Å². The summed E-state index contributed by atoms with van der Waals surface area (Å²) in [4.78, 5) is 19.5. The SMILES string of the molecule is Cc1cc(Cl)ccc1OCCCC(=O)NCc1nc2ccccc2[nH]1. The van der Waals surface area contributed by atoms with E-state index in [0.717, 1.165) is 28.2 Å². The van der Waals surface area contributed by atoms with Crippen LogP contribution in [-0.2, 0) is 11.3 Å². The Balaban J connectivity index is 1.39. The van der Waals surface area contributed by atoms with Crippen LogP contribution in [0, 0.1) is 6.92 Å². The third-order valence-electron chi connectivity index (χ3n) is 3.83. The summed E-state index contributed by atoms with van der Waals surface area (Å²) in [6.45, 7) is 2.83. The molecule has 0 saturated carbocycles. The van der Waals surface area contributed by atoms with Gasteiger partial charge in [-0.3, -0.25) is 4.79 Å². The van der Waals surface area contributed by atoms with Gasteiger partial charge in [0.1, 0.15) is 11.6 Å². The highest BCUT2D eigenvalue weighted by Crippen LogP contribution is 2.21. The molecule has 0 aliphatic heterocycles. The van der Waals surface area contributed by atoms with E-state index in [0.29, 0.717) is 31.0 Å². The molecule has 1 heterocycles. The summed E-state index contributed by atoms with van der Waals surface area (Å²) in [7, 11) is 0. The van der Waals surface area contributed by atoms with Gasteiger partial charge in [0.25, 0.3) is 0 Å². The van der Waals surface area contributed by atoms with E-state index in [-0.39, 0.29) is 5.91 Å². The molecule has 5 nitrogen and oxygen atoms in total. The predicted octanol–water partition coefficient (Wildman–Crippen LogP) is 4.00. The van der Waals surface area contributed by atoms with Crippen molar-refractivity contribution in [3.8, 4) is 5.75 Å². The number of H-pyrrole nitrogens is 1. The maximum Gasteiger partial charge on any atom is 0.220 e. The van der Waals surface area contributed by atoms with Crippen molar-refractivity contribution in [2.75, 3.05) is 6.61 Å². The van der Waals surface area contributed by atoms with E-state index in [2.05, 4.69) is 15.3 Å². The molecule has 25 heavy (non-hydrogen) atoms. The number of ether oxygens (including phenoxy) is 1. The number of rotatable bonds is 7. The molecule has 0 aliphatic rings. The van der Waals surface area contributed by atoms with Gasteiger partial charge >= 0.3 is 0 Å². The first-order valence-electron chi connectivity index (χ1n) is 8.21. The zero-order valence-electron chi connectivity index (χ0n) is 14.0. The maximum absolute atomic E-state index is 11.9. The van der Waals surface area contributed by atoms with Gasteiger partial charge in [0, 0.05) is 11.4 Å². The van der Waals surface area contributed by atoms with Crippen LogP contribution in [-0.4, -0.2) is 22.5 Å². The lowest BCUT2D eigenvalue weighted by molar-refractivity contribution is -0.121. The van der Waals surface area contributed by atoms with Gasteiger partial charge in [-0.25, -0.2) is 4.98 Å². The predicted molar refractivity (Wildman–Crippen MR) is 98.9 cm³/mol. The van der Waals surface area contributed by atoms with Gasteiger partial charge in [-0.15, -0.1) is 0 Å². The zero-order valence-corrected chi connectivity index (χ0v) is 14.8. The minimum absolute atomic E-state index is 0.0168. The van der Waals surface area contributed by atoms with Crippen molar-refractivity contribution < 1.29 is 9.53 Å². The molecule has 0 radical (unpaired) electrons. The first-order chi connectivity index (χ1) is 12.1. The second-order valence-electron chi connectivity index (χ2n) is 5.84. The third-order valence-corrected chi connectivity index (χ3v) is 4.07. The number of carbonyl (C=O) groups is 1. The van der Waals surface area contributed by atoms with Crippen LogP contribution >= 0.6 is 11.6 Å². The average Bonchev–Trinajstić information content (AvgIpc) is 3.01. The summed E-state index contributed by atoms with van der Waals surface area (Å²) in [5.41, 5.74) is 2.86. The van der Waals surface area contributed by atoms with E-state index >= 15 is 0 Å². The fraction of sp³-hybridized carbons (Fsp3) is 0.263. The first-order valence-corrected chi connectivity index (χ1v) is 8.59. The van der Waals surface area contributed by atoms with E-state index in [4.69, 9.17) is 16.3 Å². The number of aromatic amines is 1. The lowest BCUT2D eigenvalue weighted by Crippen LogP contribution is -2.23. The van der Waals surface area contributed by atoms with Gasteiger partial charge in [-0.1, -0.05) is 23.7 Å². The Labute approximate surface area is 151 Å². The molecule has 2 N–H and O–H groups in total. The summed E-state index contributed by atoms with van der Waals surface area (Å²) in [5, 5.41) is 3.56. The van der Waals surface area contributed by atoms with Crippen LogP contribution in [0.2, 0.25) is 5.02 Å². The van der Waals surface area contributed by atoms with E-state index in [1.165, 1.54) is 0 Å². The van der Waals surface area contributed by atoms with Crippen molar-refractivity contribution in [2.45, 2.75) is 26.3 Å². The standard InChI is InChI=1S/C19H20ClN3O2/c1-13-11-14(20)8-9-17(13)25-10-4-7-19(24)21-12-18-22-15-5-2-3-6-16(15)23-18/h2-3,5-6,8-9,11H,4,7,10,12H2,1H3,(H,21,24)(H,22,23). The minimum Gasteiger partial charge on any atom is -0.493 e. The zero-order chi connectivity index (χ0) is 17.6. The highest BCUT2D eigenvalue weighted by molar-refractivity contribution is 6.30. The molecule has 0 aliphatic carbocycles. The number of para-hydroxylation sites is 2. The lowest BCUT2D eigenvalue weighted by Gasteiger charge is -2.09. The number of carbonyl (C=O) groups excluding carboxylic acids is 1. The smallest absolute Gasteiger partial charge is 0.220 e. The van der Waals surface area contributed by atoms with Gasteiger partial charge in [-0.05, 0) is 49.2 Å². The molecule has 1 aromatic heterocycles. The number of hydrogen-bond donors (Lipinski definition) is 2. The number of hydrogen-bond acceptors (Lipinski definition) is 3. The van der Waals surface area contributed by atoms with Crippen molar-refractivity contribution in [2.24, 2.45) is 0 Å². The van der Waals surface area contributed by atoms with Crippen molar-refractivity contribution in [3.05, 3.63) is 58.9 Å². The summed E-state index contributed by atoms with van der Waals surface area (Å²) >= 11 is 5.91. The second-order valence-corrected chi connectivity index (χ2v) is 6.28. The number of aromatic nitrogens is 2. The van der Waals surface area contributed by atoms with E-state index < -0.39 is 0 Å². The molecular weight excluding hydrogens is 338 g/mol. The molecular formula is C19H20ClN3O2. The number of amides is 1. The number of nitrogens with zero attached hydrogens (tertiary/aromatic N) is 1. The van der Waals surface area contributed by atoms with E-state index in [1.807, 2.05) is 43.3 Å². The summed E-state index contributed by atoms with van der Waals surface area (Å²) < 4.78 is 5.69. The molecule has 6 heteroatoms. The van der Waals surface area contributed by atoms with Crippen LogP contribution in [0.5, 0.6) is 5.75 Å². The maximum atomic E-state index is 11.9. The minimum atomic E-state index is -0.0168. The topological polar surface area (TPSA) is 67.0 Å². The van der Waals surface area contributed by atoms with Crippen LogP contribution in [0.3, 0.4) is 0 Å². The van der Waals surface area contributed by atoms with Crippen LogP contribution in [0.25, 0.3) is 11.0 Å². The number of imidazole rings is 1. The molecule has 3 rings (SSSR count). The Morgan fingerprint density at radius 3 is 2.92 bits per heavy atom. The number of nitrogens with one attached hydrogen (secondary N) is 2. The largest absolute Gasteiger partial charge is 0.493 e. The highest BCUT2D eigenvalue weighted by Gasteiger charge is 2.06. The number of benzene rings is 2. The Morgan fingerprint density at radius 1 is 1.28 bits per heavy atom. The Bertz CT molecular complexity index is 843. The quantitative estimate of drug-likeness (QED) is 0.628. The molecule has 0 fully saturated rings. The highest BCUT2D eigenvalue weighted by atomic mass is 35.5. The van der Waals surface area contributed by atoms with Gasteiger partial charge in [0.2, 0.25) is 5.91 Å². The molecule has 3 aromatic rings. The molecule has 0 unspecified atom stereocenters. The summed E-state index contributed by atoms with van der Waals surface area (Å²) in [6, 6.07) is 13.3. The van der Waals surface area contributed by atoms with Crippen LogP contribution < -0.4 is 10.1 Å². The molecule has 2 aromatic carbocycles. The average molecular weight is 358 g/mol. The molecule has 1 amide bonds. The summed E-state index contributed by atoms with van der Waals surface area (Å²) in [5.74, 6) is 1.53. The number of fused-ring (bicyclic) bond motifs is 1. The van der Waals surface area contributed by atoms with Crippen molar-refractivity contribution in [1.82, 2.24) is 15.3 Å². The third kappa shape index (κ3) is 4.73. The Morgan fingerprint density at radius 2 is 2.12 bits per heavy atom. The fourth-order valence-electron chi connectivity index (χ4n) is 2.55. The monoisotopic (exact) mass is 357 g/mol. The molecule has 0 atom stereocenters.